The summed E-state index contributed by atoms with van der Waals surface area (Å²) < 4.78 is 14.8. The summed E-state index contributed by atoms with van der Waals surface area (Å²) in [5.41, 5.74) is 0.636. The molecular weight excluding hydrogens is 334 g/mol. The molecule has 0 aliphatic heterocycles. The maximum atomic E-state index is 12.0. The Balaban J connectivity index is 1.96. The van der Waals surface area contributed by atoms with Crippen molar-refractivity contribution in [2.45, 2.75) is 26.9 Å². The zero-order valence-corrected chi connectivity index (χ0v) is 14.3. The van der Waals surface area contributed by atoms with Gasteiger partial charge in [-0.25, -0.2) is 9.59 Å². The van der Waals surface area contributed by atoms with Gasteiger partial charge >= 0.3 is 11.9 Å². The van der Waals surface area contributed by atoms with Crippen LogP contribution in [-0.2, 0) is 14.3 Å². The highest BCUT2D eigenvalue weighted by molar-refractivity contribution is 7.18. The molecule has 7 nitrogen and oxygen atoms in total. The van der Waals surface area contributed by atoms with Gasteiger partial charge in [0.15, 0.2) is 12.4 Å². The first-order valence-corrected chi connectivity index (χ1v) is 8.00. The van der Waals surface area contributed by atoms with E-state index >= 15 is 0 Å². The maximum absolute atomic E-state index is 12.0. The maximum Gasteiger partial charge on any atom is 0.349 e. The second-order valence-corrected chi connectivity index (χ2v) is 6.22. The number of anilines is 1. The van der Waals surface area contributed by atoms with Gasteiger partial charge in [0.05, 0.1) is 17.4 Å². The van der Waals surface area contributed by atoms with E-state index in [2.05, 4.69) is 5.32 Å². The van der Waals surface area contributed by atoms with E-state index in [0.717, 1.165) is 11.3 Å². The molecule has 8 heteroatoms. The highest BCUT2D eigenvalue weighted by Crippen LogP contribution is 2.27. The summed E-state index contributed by atoms with van der Waals surface area (Å²) in [5, 5.41) is 3.12. The Morgan fingerprint density at radius 2 is 2.08 bits per heavy atom. The van der Waals surface area contributed by atoms with E-state index in [0.29, 0.717) is 15.4 Å². The molecule has 0 aliphatic rings. The Morgan fingerprint density at radius 3 is 2.71 bits per heavy atom. The van der Waals surface area contributed by atoms with Gasteiger partial charge in [0.25, 0.3) is 5.91 Å². The largest absolute Gasteiger partial charge is 0.460 e. The second-order valence-electron chi connectivity index (χ2n) is 5.17. The van der Waals surface area contributed by atoms with Crippen molar-refractivity contribution in [1.82, 2.24) is 0 Å². The van der Waals surface area contributed by atoms with E-state index in [1.165, 1.54) is 12.3 Å². The molecule has 2 aromatic rings. The summed E-state index contributed by atoms with van der Waals surface area (Å²) in [6.45, 7) is 4.67. The molecule has 2 rings (SSSR count). The third-order valence-electron chi connectivity index (χ3n) is 2.77. The molecule has 2 heterocycles. The van der Waals surface area contributed by atoms with E-state index in [1.54, 1.807) is 32.9 Å². The SMILES string of the molecule is Cc1cc(NC(=O)c2ccco2)sc1C(=O)OCC(=O)OC(C)C. The van der Waals surface area contributed by atoms with Crippen LogP contribution in [0.4, 0.5) is 5.00 Å². The summed E-state index contributed by atoms with van der Waals surface area (Å²) >= 11 is 1.06. The zero-order chi connectivity index (χ0) is 17.7. The average molecular weight is 351 g/mol. The van der Waals surface area contributed by atoms with Crippen molar-refractivity contribution >= 4 is 34.2 Å². The number of furan rings is 1. The molecule has 0 saturated carbocycles. The van der Waals surface area contributed by atoms with Gasteiger partial charge in [-0.05, 0) is 44.5 Å². The standard InChI is InChI=1S/C16H17NO6S/c1-9(2)23-13(18)8-22-16(20)14-10(3)7-12(24-14)17-15(19)11-5-4-6-21-11/h4-7,9H,8H2,1-3H3,(H,17,19). The molecule has 0 bridgehead atoms. The lowest BCUT2D eigenvalue weighted by atomic mass is 10.3. The molecule has 1 amide bonds. The van der Waals surface area contributed by atoms with Crippen LogP contribution in [-0.4, -0.2) is 30.6 Å². The van der Waals surface area contributed by atoms with Crippen LogP contribution >= 0.6 is 11.3 Å². The summed E-state index contributed by atoms with van der Waals surface area (Å²) in [6.07, 6.45) is 1.12. The summed E-state index contributed by atoms with van der Waals surface area (Å²) in [4.78, 5) is 35.6. The van der Waals surface area contributed by atoms with E-state index in [4.69, 9.17) is 13.9 Å². The molecule has 0 aromatic carbocycles. The van der Waals surface area contributed by atoms with E-state index in [9.17, 15) is 14.4 Å². The van der Waals surface area contributed by atoms with Gasteiger partial charge < -0.3 is 19.2 Å². The monoisotopic (exact) mass is 351 g/mol. The summed E-state index contributed by atoms with van der Waals surface area (Å²) in [6, 6.07) is 4.79. The predicted octanol–water partition coefficient (Wildman–Crippen LogP) is 3.01. The van der Waals surface area contributed by atoms with Crippen molar-refractivity contribution in [2.75, 3.05) is 11.9 Å². The molecule has 2 aromatic heterocycles. The topological polar surface area (TPSA) is 94.8 Å². The summed E-state index contributed by atoms with van der Waals surface area (Å²) in [5.74, 6) is -1.50. The van der Waals surface area contributed by atoms with Crippen LogP contribution < -0.4 is 5.32 Å². The lowest BCUT2D eigenvalue weighted by molar-refractivity contribution is -0.150. The van der Waals surface area contributed by atoms with Crippen molar-refractivity contribution in [2.24, 2.45) is 0 Å². The molecule has 24 heavy (non-hydrogen) atoms. The van der Waals surface area contributed by atoms with Gasteiger partial charge in [0.2, 0.25) is 0 Å². The van der Waals surface area contributed by atoms with E-state index in [1.807, 2.05) is 0 Å². The van der Waals surface area contributed by atoms with Crippen LogP contribution in [0, 0.1) is 6.92 Å². The van der Waals surface area contributed by atoms with Gasteiger partial charge in [-0.15, -0.1) is 11.3 Å². The van der Waals surface area contributed by atoms with Crippen molar-refractivity contribution < 1.29 is 28.3 Å². The highest BCUT2D eigenvalue weighted by atomic mass is 32.1. The molecule has 0 fully saturated rings. The average Bonchev–Trinajstić information content (AvgIpc) is 3.14. The molecule has 0 spiro atoms. The van der Waals surface area contributed by atoms with Crippen molar-refractivity contribution in [3.63, 3.8) is 0 Å². The molecule has 0 saturated heterocycles. The molecule has 0 atom stereocenters. The first-order chi connectivity index (χ1) is 11.4. The second kappa shape index (κ2) is 7.78. The Kier molecular flexibility index (Phi) is 5.75. The quantitative estimate of drug-likeness (QED) is 0.804. The van der Waals surface area contributed by atoms with Crippen molar-refractivity contribution in [3.8, 4) is 0 Å². The fourth-order valence-electron chi connectivity index (χ4n) is 1.81. The van der Waals surface area contributed by atoms with E-state index < -0.39 is 24.5 Å². The minimum atomic E-state index is -0.642. The van der Waals surface area contributed by atoms with Crippen LogP contribution in [0.5, 0.6) is 0 Å². The van der Waals surface area contributed by atoms with E-state index in [-0.39, 0.29) is 11.9 Å². The van der Waals surface area contributed by atoms with Crippen LogP contribution in [0.1, 0.15) is 39.6 Å². The number of amides is 1. The lowest BCUT2D eigenvalue weighted by Gasteiger charge is -2.08. The number of nitrogens with one attached hydrogen (secondary N) is 1. The number of ether oxygens (including phenoxy) is 2. The van der Waals surface area contributed by atoms with Gasteiger partial charge in [-0.3, -0.25) is 4.79 Å². The number of thiophene rings is 1. The molecule has 128 valence electrons. The summed E-state index contributed by atoms with van der Waals surface area (Å²) in [7, 11) is 0. The molecule has 0 radical (unpaired) electrons. The third-order valence-corrected chi connectivity index (χ3v) is 3.91. The van der Waals surface area contributed by atoms with Crippen molar-refractivity contribution in [1.29, 1.82) is 0 Å². The smallest absolute Gasteiger partial charge is 0.349 e. The normalized spacial score (nSPS) is 10.5. The van der Waals surface area contributed by atoms with Crippen LogP contribution in [0.3, 0.4) is 0 Å². The lowest BCUT2D eigenvalue weighted by Crippen LogP contribution is -2.19. The van der Waals surface area contributed by atoms with Gasteiger partial charge in [-0.1, -0.05) is 0 Å². The third kappa shape index (κ3) is 4.69. The molecule has 0 aliphatic carbocycles. The van der Waals surface area contributed by atoms with Gasteiger partial charge in [0.1, 0.15) is 4.88 Å². The number of carbonyl (C=O) groups is 3. The number of hydrogen-bond acceptors (Lipinski definition) is 7. The Hall–Kier alpha value is -2.61. The number of aryl methyl sites for hydroxylation is 1. The molecular formula is C16H17NO6S. The fraction of sp³-hybridized carbons (Fsp3) is 0.312. The number of esters is 2. The van der Waals surface area contributed by atoms with Crippen molar-refractivity contribution in [3.05, 3.63) is 40.7 Å². The minimum Gasteiger partial charge on any atom is -0.460 e. The zero-order valence-electron chi connectivity index (χ0n) is 13.5. The predicted molar refractivity (Wildman–Crippen MR) is 87.2 cm³/mol. The molecule has 1 N–H and O–H groups in total. The Bertz CT molecular complexity index is 732. The van der Waals surface area contributed by atoms with Gasteiger partial charge in [0, 0.05) is 0 Å². The Morgan fingerprint density at radius 1 is 1.33 bits per heavy atom. The van der Waals surface area contributed by atoms with Gasteiger partial charge in [-0.2, -0.15) is 0 Å². The number of rotatable bonds is 6. The highest BCUT2D eigenvalue weighted by Gasteiger charge is 2.19. The first-order valence-electron chi connectivity index (χ1n) is 7.18. The van der Waals surface area contributed by atoms with Crippen LogP contribution in [0.15, 0.2) is 28.9 Å². The number of hydrogen-bond donors (Lipinski definition) is 1. The van der Waals surface area contributed by atoms with Crippen LogP contribution in [0.25, 0.3) is 0 Å². The van der Waals surface area contributed by atoms with Crippen LogP contribution in [0.2, 0.25) is 0 Å². The molecule has 0 unspecified atom stereocenters. The number of carbonyl (C=O) groups excluding carboxylic acids is 3. The fourth-order valence-corrected chi connectivity index (χ4v) is 2.78. The minimum absolute atomic E-state index is 0.168. The first kappa shape index (κ1) is 17.7. The Labute approximate surface area is 142 Å².